The van der Waals surface area contributed by atoms with Crippen LogP contribution in [0.5, 0.6) is 5.75 Å². The molecule has 0 spiro atoms. The van der Waals surface area contributed by atoms with Gasteiger partial charge in [0.05, 0.1) is 13.2 Å². The first kappa shape index (κ1) is 13.4. The zero-order chi connectivity index (χ0) is 13.0. The molecule has 1 saturated carbocycles. The van der Waals surface area contributed by atoms with E-state index in [2.05, 4.69) is 37.4 Å². The van der Waals surface area contributed by atoms with Crippen LogP contribution in [0.2, 0.25) is 0 Å². The Hall–Kier alpha value is -1.02. The fourth-order valence-electron chi connectivity index (χ4n) is 3.11. The van der Waals surface area contributed by atoms with Gasteiger partial charge in [-0.1, -0.05) is 26.0 Å². The number of para-hydroxylation sites is 1. The Morgan fingerprint density at radius 1 is 1.22 bits per heavy atom. The summed E-state index contributed by atoms with van der Waals surface area (Å²) in [6, 6.07) is 9.13. The largest absolute Gasteiger partial charge is 0.496 e. The molecule has 3 atom stereocenters. The summed E-state index contributed by atoms with van der Waals surface area (Å²) >= 11 is 0. The van der Waals surface area contributed by atoms with Gasteiger partial charge >= 0.3 is 0 Å². The van der Waals surface area contributed by atoms with Gasteiger partial charge in [0.1, 0.15) is 12.3 Å². The van der Waals surface area contributed by atoms with Crippen molar-refractivity contribution in [2.24, 2.45) is 11.8 Å². The van der Waals surface area contributed by atoms with E-state index < -0.39 is 0 Å². The maximum absolute atomic E-state index is 5.41. The zero-order valence-corrected chi connectivity index (χ0v) is 11.9. The number of quaternary nitrogens is 1. The summed E-state index contributed by atoms with van der Waals surface area (Å²) in [5.74, 6) is 2.72. The quantitative estimate of drug-likeness (QED) is 0.870. The summed E-state index contributed by atoms with van der Waals surface area (Å²) in [5, 5.41) is 2.51. The van der Waals surface area contributed by atoms with E-state index >= 15 is 0 Å². The van der Waals surface area contributed by atoms with Crippen molar-refractivity contribution in [3.8, 4) is 5.75 Å². The van der Waals surface area contributed by atoms with Crippen molar-refractivity contribution in [2.45, 2.75) is 45.7 Å². The van der Waals surface area contributed by atoms with Crippen molar-refractivity contribution in [3.05, 3.63) is 29.8 Å². The molecule has 0 heterocycles. The number of methoxy groups -OCH3 is 1. The van der Waals surface area contributed by atoms with E-state index in [-0.39, 0.29) is 0 Å². The molecule has 18 heavy (non-hydrogen) atoms. The summed E-state index contributed by atoms with van der Waals surface area (Å²) in [5.41, 5.74) is 1.31. The first-order valence-electron chi connectivity index (χ1n) is 7.17. The highest BCUT2D eigenvalue weighted by molar-refractivity contribution is 5.32. The molecule has 2 heteroatoms. The highest BCUT2D eigenvalue weighted by Crippen LogP contribution is 2.27. The van der Waals surface area contributed by atoms with Gasteiger partial charge in [0.2, 0.25) is 0 Å². The van der Waals surface area contributed by atoms with Crippen LogP contribution in [0.25, 0.3) is 0 Å². The first-order chi connectivity index (χ1) is 8.72. The SMILES string of the molecule is COc1ccccc1C[NH2+][C@@H]1CCC[C@H](C)[C@H]1C. The molecule has 0 amide bonds. The van der Waals surface area contributed by atoms with Crippen LogP contribution >= 0.6 is 0 Å². The van der Waals surface area contributed by atoms with Crippen LogP contribution in [0.1, 0.15) is 38.7 Å². The molecule has 2 rings (SSSR count). The number of hydrogen-bond donors (Lipinski definition) is 1. The molecule has 1 aromatic carbocycles. The molecule has 0 unspecified atom stereocenters. The standard InChI is InChI=1S/C16H25NO/c1-12-7-6-9-15(13(12)2)17-11-14-8-4-5-10-16(14)18-3/h4-5,8,10,12-13,15,17H,6-7,9,11H2,1-3H3/p+1/t12-,13+,15+/m0/s1. The predicted molar refractivity (Wildman–Crippen MR) is 74.6 cm³/mol. The second-order valence-electron chi connectivity index (χ2n) is 5.68. The Labute approximate surface area is 111 Å². The number of benzene rings is 1. The molecule has 100 valence electrons. The van der Waals surface area contributed by atoms with E-state index in [9.17, 15) is 0 Å². The first-order valence-corrected chi connectivity index (χ1v) is 7.17. The molecule has 2 N–H and O–H groups in total. The summed E-state index contributed by atoms with van der Waals surface area (Å²) < 4.78 is 5.41. The van der Waals surface area contributed by atoms with Gasteiger partial charge in [-0.05, 0) is 37.3 Å². The topological polar surface area (TPSA) is 25.8 Å². The number of ether oxygens (including phenoxy) is 1. The van der Waals surface area contributed by atoms with Crippen LogP contribution in [0, 0.1) is 11.8 Å². The second-order valence-corrected chi connectivity index (χ2v) is 5.68. The Morgan fingerprint density at radius 2 is 2.00 bits per heavy atom. The van der Waals surface area contributed by atoms with Gasteiger partial charge in [0.15, 0.2) is 0 Å². The monoisotopic (exact) mass is 248 g/mol. The van der Waals surface area contributed by atoms with Crippen molar-refractivity contribution in [2.75, 3.05) is 7.11 Å². The minimum atomic E-state index is 0.777. The third-order valence-electron chi connectivity index (χ3n) is 4.60. The van der Waals surface area contributed by atoms with Crippen molar-refractivity contribution in [3.63, 3.8) is 0 Å². The maximum Gasteiger partial charge on any atom is 0.127 e. The van der Waals surface area contributed by atoms with E-state index in [1.54, 1.807) is 7.11 Å². The van der Waals surface area contributed by atoms with E-state index in [1.807, 2.05) is 6.07 Å². The predicted octanol–water partition coefficient (Wildman–Crippen LogP) is 2.58. The van der Waals surface area contributed by atoms with E-state index in [0.717, 1.165) is 30.2 Å². The molecular weight excluding hydrogens is 222 g/mol. The van der Waals surface area contributed by atoms with Gasteiger partial charge in [-0.15, -0.1) is 0 Å². The molecule has 1 aliphatic rings. The summed E-state index contributed by atoms with van der Waals surface area (Å²) in [6.07, 6.45) is 4.15. The highest BCUT2D eigenvalue weighted by atomic mass is 16.5. The lowest BCUT2D eigenvalue weighted by Gasteiger charge is -2.32. The molecule has 0 aliphatic heterocycles. The number of hydrogen-bond acceptors (Lipinski definition) is 1. The van der Waals surface area contributed by atoms with E-state index in [4.69, 9.17) is 4.74 Å². The van der Waals surface area contributed by atoms with Crippen molar-refractivity contribution in [1.29, 1.82) is 0 Å². The summed E-state index contributed by atoms with van der Waals surface area (Å²) in [6.45, 7) is 5.84. The molecule has 1 fully saturated rings. The highest BCUT2D eigenvalue weighted by Gasteiger charge is 2.29. The molecule has 1 aliphatic carbocycles. The average Bonchev–Trinajstić information content (AvgIpc) is 2.41. The van der Waals surface area contributed by atoms with Crippen LogP contribution in [-0.4, -0.2) is 13.2 Å². The molecule has 1 aromatic rings. The fraction of sp³-hybridized carbons (Fsp3) is 0.625. The lowest BCUT2D eigenvalue weighted by Crippen LogP contribution is -2.90. The number of nitrogens with two attached hydrogens (primary N) is 1. The molecule has 0 bridgehead atoms. The van der Waals surface area contributed by atoms with Gasteiger partial charge in [-0.25, -0.2) is 0 Å². The minimum absolute atomic E-state index is 0.777. The van der Waals surface area contributed by atoms with Crippen LogP contribution in [0.3, 0.4) is 0 Å². The maximum atomic E-state index is 5.41. The normalized spacial score (nSPS) is 28.1. The van der Waals surface area contributed by atoms with Crippen LogP contribution in [0.4, 0.5) is 0 Å². The second kappa shape index (κ2) is 6.24. The molecule has 0 saturated heterocycles. The van der Waals surface area contributed by atoms with Gasteiger partial charge in [0.25, 0.3) is 0 Å². The molecule has 2 nitrogen and oxygen atoms in total. The van der Waals surface area contributed by atoms with Gasteiger partial charge in [-0.3, -0.25) is 0 Å². The van der Waals surface area contributed by atoms with Crippen LogP contribution in [0.15, 0.2) is 24.3 Å². The molecular formula is C16H26NO+. The van der Waals surface area contributed by atoms with Crippen LogP contribution < -0.4 is 10.1 Å². The Morgan fingerprint density at radius 3 is 2.78 bits per heavy atom. The fourth-order valence-corrected chi connectivity index (χ4v) is 3.11. The molecule has 0 radical (unpaired) electrons. The third kappa shape index (κ3) is 3.05. The Bertz CT molecular complexity index is 377. The van der Waals surface area contributed by atoms with Crippen LogP contribution in [-0.2, 0) is 6.54 Å². The van der Waals surface area contributed by atoms with Gasteiger partial charge < -0.3 is 10.1 Å². The Balaban J connectivity index is 1.94. The third-order valence-corrected chi connectivity index (χ3v) is 4.60. The smallest absolute Gasteiger partial charge is 0.127 e. The van der Waals surface area contributed by atoms with Gasteiger partial charge in [0, 0.05) is 11.5 Å². The average molecular weight is 248 g/mol. The van der Waals surface area contributed by atoms with E-state index in [0.29, 0.717) is 0 Å². The summed E-state index contributed by atoms with van der Waals surface area (Å²) in [4.78, 5) is 0. The Kier molecular flexibility index (Phi) is 4.65. The van der Waals surface area contributed by atoms with Crippen molar-refractivity contribution in [1.82, 2.24) is 0 Å². The summed E-state index contributed by atoms with van der Waals surface area (Å²) in [7, 11) is 1.75. The van der Waals surface area contributed by atoms with Gasteiger partial charge in [-0.2, -0.15) is 0 Å². The minimum Gasteiger partial charge on any atom is -0.496 e. The lowest BCUT2D eigenvalue weighted by atomic mass is 9.78. The lowest BCUT2D eigenvalue weighted by molar-refractivity contribution is -0.713. The molecule has 0 aromatic heterocycles. The zero-order valence-electron chi connectivity index (χ0n) is 11.9. The van der Waals surface area contributed by atoms with Crippen molar-refractivity contribution >= 4 is 0 Å². The van der Waals surface area contributed by atoms with E-state index in [1.165, 1.54) is 24.8 Å². The van der Waals surface area contributed by atoms with Crippen molar-refractivity contribution < 1.29 is 10.1 Å². The number of rotatable bonds is 4.